The van der Waals surface area contributed by atoms with Crippen molar-refractivity contribution in [2.75, 3.05) is 12.3 Å². The third kappa shape index (κ3) is 6.44. The highest BCUT2D eigenvalue weighted by atomic mass is 32.2. The van der Waals surface area contributed by atoms with Gasteiger partial charge in [0.1, 0.15) is 5.75 Å². The van der Waals surface area contributed by atoms with Gasteiger partial charge in [-0.2, -0.15) is 0 Å². The monoisotopic (exact) mass is 297 g/mol. The maximum absolute atomic E-state index is 11.9. The van der Waals surface area contributed by atoms with Gasteiger partial charge >= 0.3 is 6.36 Å². The SMILES string of the molecule is NCCCS(=O)(=O)Cc1ccc(OC(F)(F)F)cc1. The van der Waals surface area contributed by atoms with Gasteiger partial charge in [0.25, 0.3) is 0 Å². The van der Waals surface area contributed by atoms with Crippen LogP contribution in [0.2, 0.25) is 0 Å². The number of halogens is 3. The Labute approximate surface area is 109 Å². The highest BCUT2D eigenvalue weighted by Gasteiger charge is 2.30. The van der Waals surface area contributed by atoms with Gasteiger partial charge in [-0.3, -0.25) is 0 Å². The molecule has 4 nitrogen and oxygen atoms in total. The maximum Gasteiger partial charge on any atom is 0.573 e. The molecule has 1 aromatic rings. The third-order valence-electron chi connectivity index (χ3n) is 2.20. The molecular formula is C11H14F3NO3S. The first kappa shape index (κ1) is 15.8. The zero-order valence-electron chi connectivity index (χ0n) is 9.98. The van der Waals surface area contributed by atoms with E-state index in [1.54, 1.807) is 0 Å². The van der Waals surface area contributed by atoms with E-state index in [-0.39, 0.29) is 23.8 Å². The lowest BCUT2D eigenvalue weighted by Gasteiger charge is -2.09. The Balaban J connectivity index is 2.67. The van der Waals surface area contributed by atoms with Crippen molar-refractivity contribution in [3.63, 3.8) is 0 Å². The van der Waals surface area contributed by atoms with Crippen LogP contribution >= 0.6 is 0 Å². The van der Waals surface area contributed by atoms with Gasteiger partial charge in [0, 0.05) is 0 Å². The zero-order chi connectivity index (χ0) is 14.5. The largest absolute Gasteiger partial charge is 0.573 e. The predicted octanol–water partition coefficient (Wildman–Crippen LogP) is 1.85. The van der Waals surface area contributed by atoms with Crippen LogP contribution in [-0.2, 0) is 15.6 Å². The van der Waals surface area contributed by atoms with Gasteiger partial charge in [-0.15, -0.1) is 13.2 Å². The molecule has 108 valence electrons. The Bertz CT molecular complexity index is 497. The molecule has 0 aliphatic carbocycles. The van der Waals surface area contributed by atoms with Gasteiger partial charge in [-0.1, -0.05) is 12.1 Å². The Morgan fingerprint density at radius 2 is 1.74 bits per heavy atom. The summed E-state index contributed by atoms with van der Waals surface area (Å²) in [5.74, 6) is -0.639. The molecule has 0 saturated heterocycles. The van der Waals surface area contributed by atoms with Crippen molar-refractivity contribution in [1.29, 1.82) is 0 Å². The smallest absolute Gasteiger partial charge is 0.406 e. The number of alkyl halides is 3. The second-order valence-corrected chi connectivity index (χ2v) is 6.11. The topological polar surface area (TPSA) is 69.4 Å². The summed E-state index contributed by atoms with van der Waals surface area (Å²) in [7, 11) is -3.29. The molecular weight excluding hydrogens is 283 g/mol. The van der Waals surface area contributed by atoms with Crippen LogP contribution in [0.5, 0.6) is 5.75 Å². The van der Waals surface area contributed by atoms with E-state index in [1.807, 2.05) is 0 Å². The van der Waals surface area contributed by atoms with Crippen LogP contribution < -0.4 is 10.5 Å². The molecule has 0 aliphatic rings. The lowest BCUT2D eigenvalue weighted by Crippen LogP contribution is -2.17. The van der Waals surface area contributed by atoms with Crippen LogP contribution in [0, 0.1) is 0 Å². The third-order valence-corrected chi connectivity index (χ3v) is 3.89. The van der Waals surface area contributed by atoms with E-state index in [0.29, 0.717) is 12.0 Å². The molecule has 0 radical (unpaired) electrons. The fraction of sp³-hybridized carbons (Fsp3) is 0.455. The van der Waals surface area contributed by atoms with Crippen LogP contribution in [0.25, 0.3) is 0 Å². The number of rotatable bonds is 6. The predicted molar refractivity (Wildman–Crippen MR) is 64.3 cm³/mol. The van der Waals surface area contributed by atoms with Crippen LogP contribution in [0.4, 0.5) is 13.2 Å². The lowest BCUT2D eigenvalue weighted by atomic mass is 10.2. The van der Waals surface area contributed by atoms with E-state index in [1.165, 1.54) is 12.1 Å². The minimum absolute atomic E-state index is 0.0374. The summed E-state index contributed by atoms with van der Waals surface area (Å²) in [5.41, 5.74) is 5.63. The number of hydrogen-bond donors (Lipinski definition) is 1. The van der Waals surface area contributed by atoms with Gasteiger partial charge in [-0.25, -0.2) is 8.42 Å². The molecule has 8 heteroatoms. The molecule has 0 fully saturated rings. The number of nitrogens with two attached hydrogens (primary N) is 1. The van der Waals surface area contributed by atoms with Crippen molar-refractivity contribution in [2.45, 2.75) is 18.5 Å². The van der Waals surface area contributed by atoms with Gasteiger partial charge in [0.05, 0.1) is 11.5 Å². The van der Waals surface area contributed by atoms with E-state index in [2.05, 4.69) is 4.74 Å². The van der Waals surface area contributed by atoms with Gasteiger partial charge in [0.15, 0.2) is 9.84 Å². The summed E-state index contributed by atoms with van der Waals surface area (Å²) in [6, 6.07) is 4.75. The number of sulfone groups is 1. The standard InChI is InChI=1S/C11H14F3NO3S/c12-11(13,14)18-10-4-2-9(3-5-10)8-19(16,17)7-1-6-15/h2-5H,1,6-8,15H2. The fourth-order valence-electron chi connectivity index (χ4n) is 1.42. The van der Waals surface area contributed by atoms with Crippen molar-refractivity contribution >= 4 is 9.84 Å². The second-order valence-electron chi connectivity index (χ2n) is 3.93. The highest BCUT2D eigenvalue weighted by molar-refractivity contribution is 7.90. The Kier molecular flexibility index (Phi) is 5.19. The van der Waals surface area contributed by atoms with Crippen LogP contribution in [0.15, 0.2) is 24.3 Å². The summed E-state index contributed by atoms with van der Waals surface area (Å²) in [5, 5.41) is 0. The fourth-order valence-corrected chi connectivity index (χ4v) is 2.87. The molecule has 0 bridgehead atoms. The molecule has 1 rings (SSSR count). The number of ether oxygens (including phenoxy) is 1. The van der Waals surface area contributed by atoms with Gasteiger partial charge in [0.2, 0.25) is 0 Å². The lowest BCUT2D eigenvalue weighted by molar-refractivity contribution is -0.274. The molecule has 0 heterocycles. The highest BCUT2D eigenvalue weighted by Crippen LogP contribution is 2.23. The van der Waals surface area contributed by atoms with Crippen LogP contribution in [-0.4, -0.2) is 27.1 Å². The second kappa shape index (κ2) is 6.25. The van der Waals surface area contributed by atoms with Crippen molar-refractivity contribution in [3.05, 3.63) is 29.8 Å². The Hall–Kier alpha value is -1.28. The molecule has 0 spiro atoms. The average Bonchev–Trinajstić information content (AvgIpc) is 2.27. The van der Waals surface area contributed by atoms with Crippen molar-refractivity contribution < 1.29 is 26.3 Å². The zero-order valence-corrected chi connectivity index (χ0v) is 10.8. The number of hydrogen-bond acceptors (Lipinski definition) is 4. The quantitative estimate of drug-likeness (QED) is 0.870. The molecule has 2 N–H and O–H groups in total. The van der Waals surface area contributed by atoms with Crippen molar-refractivity contribution in [3.8, 4) is 5.75 Å². The van der Waals surface area contributed by atoms with E-state index >= 15 is 0 Å². The summed E-state index contributed by atoms with van der Waals surface area (Å²) in [4.78, 5) is 0. The summed E-state index contributed by atoms with van der Waals surface area (Å²) in [6.07, 6.45) is -4.40. The molecule has 0 amide bonds. The van der Waals surface area contributed by atoms with Crippen molar-refractivity contribution in [1.82, 2.24) is 0 Å². The summed E-state index contributed by atoms with van der Waals surface area (Å²) in [6.45, 7) is 0.275. The normalized spacial score (nSPS) is 12.4. The van der Waals surface area contributed by atoms with E-state index in [9.17, 15) is 21.6 Å². The molecule has 19 heavy (non-hydrogen) atoms. The van der Waals surface area contributed by atoms with Crippen LogP contribution in [0.3, 0.4) is 0 Å². The van der Waals surface area contributed by atoms with E-state index in [0.717, 1.165) is 12.1 Å². The van der Waals surface area contributed by atoms with E-state index in [4.69, 9.17) is 5.73 Å². The maximum atomic E-state index is 11.9. The molecule has 0 unspecified atom stereocenters. The minimum atomic E-state index is -4.76. The first-order valence-electron chi connectivity index (χ1n) is 5.47. The first-order chi connectivity index (χ1) is 8.72. The molecule has 0 aliphatic heterocycles. The molecule has 0 atom stereocenters. The van der Waals surface area contributed by atoms with Gasteiger partial charge in [-0.05, 0) is 30.7 Å². The molecule has 0 saturated carbocycles. The minimum Gasteiger partial charge on any atom is -0.406 e. The molecule has 0 aromatic heterocycles. The first-order valence-corrected chi connectivity index (χ1v) is 7.29. The average molecular weight is 297 g/mol. The molecule has 1 aromatic carbocycles. The Morgan fingerprint density at radius 3 is 2.21 bits per heavy atom. The van der Waals surface area contributed by atoms with Gasteiger partial charge < -0.3 is 10.5 Å². The summed E-state index contributed by atoms with van der Waals surface area (Å²) < 4.78 is 62.7. The Morgan fingerprint density at radius 1 is 1.16 bits per heavy atom. The van der Waals surface area contributed by atoms with E-state index < -0.39 is 16.2 Å². The van der Waals surface area contributed by atoms with Crippen LogP contribution in [0.1, 0.15) is 12.0 Å². The van der Waals surface area contributed by atoms with Crippen molar-refractivity contribution in [2.24, 2.45) is 5.73 Å². The summed E-state index contributed by atoms with van der Waals surface area (Å²) >= 11 is 0. The number of benzene rings is 1.